The molecule has 0 saturated heterocycles. The Labute approximate surface area is 174 Å². The normalized spacial score (nSPS) is 12.1. The number of carbonyl (C=O) groups excluding carboxylic acids is 1. The maximum Gasteiger partial charge on any atom is 0.349 e. The number of hydrogen-bond donors (Lipinski definition) is 1. The molecule has 1 N–H and O–H groups in total. The molecule has 160 valence electrons. The molecule has 0 spiro atoms. The maximum atomic E-state index is 12.5. The van der Waals surface area contributed by atoms with E-state index >= 15 is 0 Å². The Bertz CT molecular complexity index is 1290. The Hall–Kier alpha value is -4.28. The number of nitrogens with zero attached hydrogens (tertiary/aromatic N) is 3. The number of aromatic amines is 1. The fourth-order valence-corrected chi connectivity index (χ4v) is 2.74. The second kappa shape index (κ2) is 9.03. The molecule has 0 aliphatic rings. The van der Waals surface area contributed by atoms with Crippen molar-refractivity contribution in [2.75, 3.05) is 6.61 Å². The van der Waals surface area contributed by atoms with Crippen LogP contribution in [0.15, 0.2) is 57.2 Å². The minimum Gasteiger partial charge on any atom is -0.472 e. The average Bonchev–Trinajstić information content (AvgIpc) is 2.74. The van der Waals surface area contributed by atoms with E-state index in [1.54, 1.807) is 31.2 Å². The molecule has 1 heterocycles. The predicted molar refractivity (Wildman–Crippen MR) is 112 cm³/mol. The highest BCUT2D eigenvalue weighted by atomic mass is 16.6. The molecule has 31 heavy (non-hydrogen) atoms. The summed E-state index contributed by atoms with van der Waals surface area (Å²) in [6.45, 7) is 3.19. The van der Waals surface area contributed by atoms with E-state index in [1.165, 1.54) is 19.1 Å². The van der Waals surface area contributed by atoms with E-state index in [-0.39, 0.29) is 23.3 Å². The van der Waals surface area contributed by atoms with E-state index in [0.29, 0.717) is 10.2 Å². The summed E-state index contributed by atoms with van der Waals surface area (Å²) in [5.41, 5.74) is -1.19. The number of fused-ring (bicyclic) bond motifs is 1. The maximum absolute atomic E-state index is 12.5. The third-order valence-corrected chi connectivity index (χ3v) is 4.21. The van der Waals surface area contributed by atoms with Crippen molar-refractivity contribution >= 4 is 28.8 Å². The topological polar surface area (TPSA) is 146 Å². The average molecular weight is 426 g/mol. The van der Waals surface area contributed by atoms with Gasteiger partial charge in [0.15, 0.2) is 11.9 Å². The second-order valence-corrected chi connectivity index (χ2v) is 6.33. The van der Waals surface area contributed by atoms with Crippen LogP contribution in [0.3, 0.4) is 0 Å². The van der Waals surface area contributed by atoms with Gasteiger partial charge in [-0.3, -0.25) is 14.9 Å². The van der Waals surface area contributed by atoms with Gasteiger partial charge in [-0.15, -0.1) is 4.68 Å². The van der Waals surface area contributed by atoms with Crippen LogP contribution in [0.25, 0.3) is 10.9 Å². The van der Waals surface area contributed by atoms with E-state index in [9.17, 15) is 24.5 Å². The molecule has 11 heteroatoms. The number of aromatic nitrogens is 2. The summed E-state index contributed by atoms with van der Waals surface area (Å²) < 4.78 is 10.8. The third-order valence-electron chi connectivity index (χ3n) is 4.21. The molecule has 0 aliphatic carbocycles. The molecule has 0 bridgehead atoms. The highest BCUT2D eigenvalue weighted by Crippen LogP contribution is 2.28. The van der Waals surface area contributed by atoms with Crippen LogP contribution in [0, 0.1) is 10.1 Å². The molecule has 3 rings (SSSR count). The SMILES string of the molecule is CCOC(=O)C(C)Oc1ccc(C=Nn2c(=O)[nH]c3ccccc3c2=O)cc1[N+](=O)[O-]. The number of hydrogen-bond acceptors (Lipinski definition) is 8. The molecule has 2 aromatic carbocycles. The number of H-pyrrole nitrogens is 1. The number of para-hydroxylation sites is 1. The van der Waals surface area contributed by atoms with Crippen molar-refractivity contribution in [2.45, 2.75) is 20.0 Å². The van der Waals surface area contributed by atoms with Crippen molar-refractivity contribution in [3.8, 4) is 5.75 Å². The van der Waals surface area contributed by atoms with Gasteiger partial charge in [-0.05, 0) is 38.1 Å². The Morgan fingerprint density at radius 2 is 2.03 bits per heavy atom. The number of nitrogens with one attached hydrogen (secondary N) is 1. The Morgan fingerprint density at radius 1 is 1.29 bits per heavy atom. The summed E-state index contributed by atoms with van der Waals surface area (Å²) >= 11 is 0. The number of esters is 1. The zero-order valence-corrected chi connectivity index (χ0v) is 16.6. The Morgan fingerprint density at radius 3 is 2.74 bits per heavy atom. The summed E-state index contributed by atoms with van der Waals surface area (Å²) in [4.78, 5) is 49.7. The van der Waals surface area contributed by atoms with Crippen LogP contribution in [0.5, 0.6) is 5.75 Å². The van der Waals surface area contributed by atoms with Gasteiger partial charge in [0.25, 0.3) is 5.56 Å². The van der Waals surface area contributed by atoms with E-state index in [0.717, 1.165) is 12.3 Å². The molecule has 1 atom stereocenters. The van der Waals surface area contributed by atoms with Crippen LogP contribution in [-0.4, -0.2) is 39.5 Å². The van der Waals surface area contributed by atoms with Gasteiger partial charge in [-0.1, -0.05) is 12.1 Å². The van der Waals surface area contributed by atoms with Crippen molar-refractivity contribution < 1.29 is 19.2 Å². The molecular formula is C20H18N4O7. The van der Waals surface area contributed by atoms with Crippen molar-refractivity contribution in [2.24, 2.45) is 5.10 Å². The van der Waals surface area contributed by atoms with Crippen molar-refractivity contribution in [1.29, 1.82) is 0 Å². The van der Waals surface area contributed by atoms with Crippen LogP contribution in [-0.2, 0) is 9.53 Å². The van der Waals surface area contributed by atoms with Crippen molar-refractivity contribution in [3.05, 3.63) is 79.0 Å². The number of nitro benzene ring substituents is 1. The lowest BCUT2D eigenvalue weighted by atomic mass is 10.2. The zero-order valence-electron chi connectivity index (χ0n) is 16.6. The monoisotopic (exact) mass is 426 g/mol. The van der Waals surface area contributed by atoms with Gasteiger partial charge in [0.05, 0.1) is 28.6 Å². The van der Waals surface area contributed by atoms with Crippen molar-refractivity contribution in [1.82, 2.24) is 9.66 Å². The van der Waals surface area contributed by atoms with Gasteiger partial charge in [0, 0.05) is 11.6 Å². The molecule has 0 aliphatic heterocycles. The summed E-state index contributed by atoms with van der Waals surface area (Å²) in [6.07, 6.45) is 0.0876. The fraction of sp³-hybridized carbons (Fsp3) is 0.200. The lowest BCUT2D eigenvalue weighted by molar-refractivity contribution is -0.386. The number of benzene rings is 2. The van der Waals surface area contributed by atoms with Crippen molar-refractivity contribution in [3.63, 3.8) is 0 Å². The zero-order chi connectivity index (χ0) is 22.5. The number of carbonyl (C=O) groups is 1. The van der Waals surface area contributed by atoms with Gasteiger partial charge < -0.3 is 14.5 Å². The molecule has 1 aromatic heterocycles. The highest BCUT2D eigenvalue weighted by Gasteiger charge is 2.22. The third kappa shape index (κ3) is 4.66. The van der Waals surface area contributed by atoms with Crippen LogP contribution >= 0.6 is 0 Å². The number of rotatable bonds is 7. The Balaban J connectivity index is 1.93. The van der Waals surface area contributed by atoms with Gasteiger partial charge in [0.1, 0.15) is 0 Å². The first-order valence-electron chi connectivity index (χ1n) is 9.22. The van der Waals surface area contributed by atoms with E-state index in [4.69, 9.17) is 9.47 Å². The quantitative estimate of drug-likeness (QED) is 0.262. The van der Waals surface area contributed by atoms with Gasteiger partial charge in [0.2, 0.25) is 0 Å². The van der Waals surface area contributed by atoms with Crippen LogP contribution in [0.4, 0.5) is 5.69 Å². The molecule has 11 nitrogen and oxygen atoms in total. The lowest BCUT2D eigenvalue weighted by Crippen LogP contribution is -2.32. The largest absolute Gasteiger partial charge is 0.472 e. The van der Waals surface area contributed by atoms with Crippen LogP contribution in [0.1, 0.15) is 19.4 Å². The molecular weight excluding hydrogens is 408 g/mol. The van der Waals surface area contributed by atoms with E-state index in [1.807, 2.05) is 0 Å². The molecule has 1 unspecified atom stereocenters. The molecule has 0 fully saturated rings. The first-order chi connectivity index (χ1) is 14.8. The Kier molecular flexibility index (Phi) is 6.24. The van der Waals surface area contributed by atoms with E-state index < -0.39 is 33.9 Å². The molecule has 3 aromatic rings. The summed E-state index contributed by atoms with van der Waals surface area (Å²) in [5, 5.41) is 15.6. The van der Waals surface area contributed by atoms with Gasteiger partial charge >= 0.3 is 17.3 Å². The smallest absolute Gasteiger partial charge is 0.349 e. The molecule has 0 amide bonds. The van der Waals surface area contributed by atoms with Gasteiger partial charge in [-0.25, -0.2) is 9.59 Å². The van der Waals surface area contributed by atoms with Crippen LogP contribution in [0.2, 0.25) is 0 Å². The highest BCUT2D eigenvalue weighted by molar-refractivity contribution is 5.82. The summed E-state index contributed by atoms with van der Waals surface area (Å²) in [5.74, 6) is -0.791. The van der Waals surface area contributed by atoms with E-state index in [2.05, 4.69) is 10.1 Å². The van der Waals surface area contributed by atoms with Crippen LogP contribution < -0.4 is 16.0 Å². The number of ether oxygens (including phenoxy) is 2. The second-order valence-electron chi connectivity index (χ2n) is 6.33. The molecule has 0 radical (unpaired) electrons. The summed E-state index contributed by atoms with van der Waals surface area (Å²) in [6, 6.07) is 10.3. The predicted octanol–water partition coefficient (Wildman–Crippen LogP) is 1.81. The fourth-order valence-electron chi connectivity index (χ4n) is 2.74. The minimum absolute atomic E-state index is 0.136. The standard InChI is InChI=1S/C20H18N4O7/c1-3-30-19(26)12(2)31-17-9-8-13(10-16(17)24(28)29)11-21-23-18(25)14-6-4-5-7-15(14)22-20(23)27/h4-12H,3H2,1-2H3,(H,22,27). The number of nitro groups is 1. The minimum atomic E-state index is -1.05. The van der Waals surface area contributed by atoms with Gasteiger partial charge in [-0.2, -0.15) is 5.10 Å². The first kappa shape index (κ1) is 21.4. The first-order valence-corrected chi connectivity index (χ1v) is 9.22. The lowest BCUT2D eigenvalue weighted by Gasteiger charge is -2.13. The summed E-state index contributed by atoms with van der Waals surface area (Å²) in [7, 11) is 0. The molecule has 0 saturated carbocycles.